The lowest BCUT2D eigenvalue weighted by atomic mass is 10.0. The van der Waals surface area contributed by atoms with Crippen molar-refractivity contribution in [3.05, 3.63) is 12.2 Å². The zero-order valence-electron chi connectivity index (χ0n) is 9.15. The normalized spacial score (nSPS) is 22.6. The summed E-state index contributed by atoms with van der Waals surface area (Å²) in [5.74, 6) is -1.08. The van der Waals surface area contributed by atoms with Gasteiger partial charge in [0.05, 0.1) is 0 Å². The Morgan fingerprint density at radius 2 is 2.19 bits per heavy atom. The molecule has 0 fully saturated rings. The number of carbonyl (C=O) groups is 2. The smallest absolute Gasteiger partial charge is 0.408 e. The molecule has 0 aromatic rings. The van der Waals surface area contributed by atoms with Gasteiger partial charge in [0, 0.05) is 0 Å². The molecule has 1 amide bonds. The number of carboxylic acid groups (broad SMARTS) is 1. The van der Waals surface area contributed by atoms with Crippen LogP contribution in [0.15, 0.2) is 12.2 Å². The van der Waals surface area contributed by atoms with Gasteiger partial charge in [-0.15, -0.1) is 0 Å². The molecule has 90 valence electrons. The molecule has 1 atom stereocenters. The number of carboxylic acids is 1. The van der Waals surface area contributed by atoms with Gasteiger partial charge in [0.2, 0.25) is 0 Å². The van der Waals surface area contributed by atoms with Crippen LogP contribution < -0.4 is 5.32 Å². The maximum absolute atomic E-state index is 11.2. The van der Waals surface area contributed by atoms with E-state index in [1.54, 1.807) is 0 Å². The number of rotatable bonds is 3. The summed E-state index contributed by atoms with van der Waals surface area (Å²) in [5.41, 5.74) is 0. The minimum Gasteiger partial charge on any atom is -0.480 e. The first kappa shape index (κ1) is 12.5. The molecule has 5 nitrogen and oxygen atoms in total. The Labute approximate surface area is 94.5 Å². The van der Waals surface area contributed by atoms with Crippen molar-refractivity contribution in [2.75, 3.05) is 6.54 Å². The summed E-state index contributed by atoms with van der Waals surface area (Å²) >= 11 is 0. The first-order valence-electron chi connectivity index (χ1n) is 5.51. The fourth-order valence-electron chi connectivity index (χ4n) is 1.55. The molecule has 0 heterocycles. The van der Waals surface area contributed by atoms with Crippen LogP contribution in [0.2, 0.25) is 0 Å². The van der Waals surface area contributed by atoms with E-state index in [0.29, 0.717) is 0 Å². The molecule has 0 saturated heterocycles. The van der Waals surface area contributed by atoms with E-state index in [4.69, 9.17) is 9.84 Å². The summed E-state index contributed by atoms with van der Waals surface area (Å²) in [6.45, 7) is -0.407. The Morgan fingerprint density at radius 3 is 2.94 bits per heavy atom. The predicted octanol–water partition coefficient (Wildman–Crippen LogP) is 1.69. The highest BCUT2D eigenvalue weighted by Crippen LogP contribution is 2.14. The molecular formula is C11H17NO4. The summed E-state index contributed by atoms with van der Waals surface area (Å²) in [4.78, 5) is 21.4. The monoisotopic (exact) mass is 227 g/mol. The third-order valence-electron chi connectivity index (χ3n) is 2.35. The highest BCUT2D eigenvalue weighted by Gasteiger charge is 2.12. The molecule has 0 aliphatic heterocycles. The first-order chi connectivity index (χ1) is 7.68. The molecule has 0 saturated carbocycles. The van der Waals surface area contributed by atoms with Gasteiger partial charge in [-0.3, -0.25) is 4.79 Å². The van der Waals surface area contributed by atoms with Crippen molar-refractivity contribution < 1.29 is 19.4 Å². The van der Waals surface area contributed by atoms with Crippen molar-refractivity contribution in [1.29, 1.82) is 0 Å². The summed E-state index contributed by atoms with van der Waals surface area (Å²) in [7, 11) is 0. The number of allylic oxidation sites excluding steroid dienone is 1. The quantitative estimate of drug-likeness (QED) is 0.719. The van der Waals surface area contributed by atoms with Crippen molar-refractivity contribution in [2.45, 2.75) is 38.2 Å². The van der Waals surface area contributed by atoms with Gasteiger partial charge in [-0.2, -0.15) is 0 Å². The fraction of sp³-hybridized carbons (Fsp3) is 0.636. The summed E-state index contributed by atoms with van der Waals surface area (Å²) < 4.78 is 5.08. The standard InChI is InChI=1S/C11H17NO4/c13-10(14)8-12-11(15)16-9-6-4-2-1-3-5-7-9/h4,6,9H,1-3,5,7-8H2,(H,12,15)(H,13,14)/b6-4-. The average Bonchev–Trinajstić information content (AvgIpc) is 2.19. The summed E-state index contributed by atoms with van der Waals surface area (Å²) in [6, 6.07) is 0. The number of aliphatic carboxylic acids is 1. The van der Waals surface area contributed by atoms with E-state index in [-0.39, 0.29) is 6.10 Å². The number of hydrogen-bond donors (Lipinski definition) is 2. The van der Waals surface area contributed by atoms with E-state index in [0.717, 1.165) is 25.7 Å². The highest BCUT2D eigenvalue weighted by molar-refractivity contribution is 5.76. The molecule has 0 spiro atoms. The molecule has 0 radical (unpaired) electrons. The van der Waals surface area contributed by atoms with Crippen LogP contribution in [0.5, 0.6) is 0 Å². The summed E-state index contributed by atoms with van der Waals surface area (Å²) in [5, 5.41) is 10.5. The molecule has 1 aliphatic rings. The largest absolute Gasteiger partial charge is 0.480 e. The van der Waals surface area contributed by atoms with Gasteiger partial charge < -0.3 is 15.2 Å². The van der Waals surface area contributed by atoms with Crippen molar-refractivity contribution >= 4 is 12.1 Å². The van der Waals surface area contributed by atoms with Crippen LogP contribution in [-0.4, -0.2) is 29.8 Å². The van der Waals surface area contributed by atoms with Crippen LogP contribution in [0.3, 0.4) is 0 Å². The number of alkyl carbamates (subject to hydrolysis) is 1. The molecule has 1 unspecified atom stereocenters. The minimum absolute atomic E-state index is 0.228. The molecule has 5 heteroatoms. The molecule has 0 aromatic carbocycles. The van der Waals surface area contributed by atoms with Crippen molar-refractivity contribution in [2.24, 2.45) is 0 Å². The second-order valence-corrected chi connectivity index (χ2v) is 3.76. The number of amides is 1. The Morgan fingerprint density at radius 1 is 1.38 bits per heavy atom. The van der Waals surface area contributed by atoms with Crippen LogP contribution in [-0.2, 0) is 9.53 Å². The summed E-state index contributed by atoms with van der Waals surface area (Å²) in [6.07, 6.45) is 8.14. The Hall–Kier alpha value is -1.52. The zero-order valence-corrected chi connectivity index (χ0v) is 9.15. The Kier molecular flexibility index (Phi) is 5.39. The van der Waals surface area contributed by atoms with Crippen molar-refractivity contribution in [3.63, 3.8) is 0 Å². The van der Waals surface area contributed by atoms with E-state index < -0.39 is 18.6 Å². The third-order valence-corrected chi connectivity index (χ3v) is 2.35. The molecule has 1 aliphatic carbocycles. The number of carbonyl (C=O) groups excluding carboxylic acids is 1. The lowest BCUT2D eigenvalue weighted by molar-refractivity contribution is -0.135. The fourth-order valence-corrected chi connectivity index (χ4v) is 1.55. The molecule has 1 rings (SSSR count). The molecule has 16 heavy (non-hydrogen) atoms. The number of ether oxygens (including phenoxy) is 1. The second-order valence-electron chi connectivity index (χ2n) is 3.76. The molecule has 2 N–H and O–H groups in total. The van der Waals surface area contributed by atoms with Gasteiger partial charge in [0.25, 0.3) is 0 Å². The average molecular weight is 227 g/mol. The Balaban J connectivity index is 2.30. The van der Waals surface area contributed by atoms with Crippen LogP contribution in [0.4, 0.5) is 4.79 Å². The van der Waals surface area contributed by atoms with Gasteiger partial charge in [-0.25, -0.2) is 4.79 Å². The van der Waals surface area contributed by atoms with Gasteiger partial charge in [-0.05, 0) is 31.8 Å². The maximum atomic E-state index is 11.2. The topological polar surface area (TPSA) is 75.6 Å². The molecular weight excluding hydrogens is 210 g/mol. The highest BCUT2D eigenvalue weighted by atomic mass is 16.6. The van der Waals surface area contributed by atoms with Gasteiger partial charge in [-0.1, -0.05) is 12.5 Å². The van der Waals surface area contributed by atoms with Gasteiger partial charge in [0.15, 0.2) is 0 Å². The minimum atomic E-state index is -1.08. The second kappa shape index (κ2) is 6.87. The van der Waals surface area contributed by atoms with E-state index in [1.165, 1.54) is 6.42 Å². The lowest BCUT2D eigenvalue weighted by Crippen LogP contribution is -2.32. The Bertz CT molecular complexity index is 275. The van der Waals surface area contributed by atoms with E-state index in [9.17, 15) is 9.59 Å². The molecule has 0 bridgehead atoms. The zero-order chi connectivity index (χ0) is 11.8. The molecule has 0 aromatic heterocycles. The van der Waals surface area contributed by atoms with Crippen molar-refractivity contribution in [1.82, 2.24) is 5.32 Å². The first-order valence-corrected chi connectivity index (χ1v) is 5.51. The number of hydrogen-bond acceptors (Lipinski definition) is 3. The SMILES string of the molecule is O=C(O)CNC(=O)OC1/C=C\CCCCC1. The lowest BCUT2D eigenvalue weighted by Gasteiger charge is -2.16. The van der Waals surface area contributed by atoms with Crippen molar-refractivity contribution in [3.8, 4) is 0 Å². The van der Waals surface area contributed by atoms with Gasteiger partial charge in [0.1, 0.15) is 12.6 Å². The van der Waals surface area contributed by atoms with Gasteiger partial charge >= 0.3 is 12.1 Å². The van der Waals surface area contributed by atoms with Crippen LogP contribution in [0, 0.1) is 0 Å². The van der Waals surface area contributed by atoms with Crippen LogP contribution in [0.25, 0.3) is 0 Å². The maximum Gasteiger partial charge on any atom is 0.408 e. The van der Waals surface area contributed by atoms with Crippen LogP contribution in [0.1, 0.15) is 32.1 Å². The van der Waals surface area contributed by atoms with E-state index >= 15 is 0 Å². The predicted molar refractivity (Wildman–Crippen MR) is 58.1 cm³/mol. The van der Waals surface area contributed by atoms with Crippen LogP contribution >= 0.6 is 0 Å². The van der Waals surface area contributed by atoms with E-state index in [1.807, 2.05) is 12.2 Å². The third kappa shape index (κ3) is 5.38. The van der Waals surface area contributed by atoms with E-state index in [2.05, 4.69) is 5.32 Å². The number of nitrogens with one attached hydrogen (secondary N) is 1.